The van der Waals surface area contributed by atoms with Gasteiger partial charge in [0.05, 0.1) is 18.2 Å². The van der Waals surface area contributed by atoms with Gasteiger partial charge in [-0.3, -0.25) is 33.6 Å². The predicted octanol–water partition coefficient (Wildman–Crippen LogP) is 16.8. The minimum Gasteiger partial charge on any atom is -0.478 e. The number of benzene rings is 6. The molecule has 612 valence electrons. The average Bonchev–Trinajstić information content (AvgIpc) is 0.840. The van der Waals surface area contributed by atoms with Gasteiger partial charge in [0, 0.05) is 108 Å². The van der Waals surface area contributed by atoms with Crippen LogP contribution in [0.1, 0.15) is 254 Å². The standard InChI is InChI=1S/C22H28N2O3.C14H19NO3.C13H17NO3.C12H16BrNO.C10H12BrNO.C10H14BrN.C8H12N2O/c1-14(6-5-7-17(4)25)18-8-10-19(11-9-18)21(26)23-13-20-15(2)12-16(3)24-22(20)27;1-10(8-9-15-11(2)16)12-4-6-13(7-5-12)14(17)18-3;1-9(7-8-14-10(2)15)11-3-5-12(6-4-11)13(16)17;1-9(7-8-14-10(2)15)11-3-5-12(13)6-4-11;1-7(6-10(12)13)8-2-4-9(11)5-3-8;1-8(6-7-12)9-2-4-10(11)5-3-9;1-5-3-6(2)10-8(11)7(5)4-9/h8-12,14H,5-7,13H2,1-4H3,(H,23,26)(H,24,27);4-7,10H,8-9H2,1-3H3,(H,15,16);3-6,9H,7-8H2,1-2H3,(H,14,15)(H,16,17);3-6,9H,7-8H2,1-2H3,(H,14,15);2-5,7H,6H2,1H3,(H2,12,13);2-5,8H,6-7,12H2,1H3;3H,4,9H2,1-2H3,(H,10,11). The SMILES string of the molecule is CC(=O)CCCC(C)c1ccc(C(=O)NCc2c(C)cc(C)[nH]c2=O)cc1.CC(=O)NCCC(C)c1ccc(Br)cc1.CC(=O)NCCC(C)c1ccc(C(=O)O)cc1.CC(CC(N)=O)c1ccc(Br)cc1.CC(CCN)c1ccc(Br)cc1.COC(=O)c1ccc(C(C)CCNC(C)=O)cc1.Cc1cc(C)c(CN)c(=O)[nH]1. The van der Waals surface area contributed by atoms with Crippen LogP contribution < -0.4 is 49.6 Å². The summed E-state index contributed by atoms with van der Waals surface area (Å²) in [5.41, 5.74) is 29.1. The minimum absolute atomic E-state index is 0.0109. The number of hydrogen-bond donors (Lipinski definition) is 10. The third-order valence-electron chi connectivity index (χ3n) is 18.4. The summed E-state index contributed by atoms with van der Waals surface area (Å²) in [4.78, 5) is 117. The Morgan fingerprint density at radius 2 is 0.761 bits per heavy atom. The molecule has 6 atom stereocenters. The lowest BCUT2D eigenvalue weighted by Gasteiger charge is -2.12. The molecule has 0 saturated heterocycles. The molecule has 21 nitrogen and oxygen atoms in total. The van der Waals surface area contributed by atoms with E-state index in [2.05, 4.69) is 155 Å². The lowest BCUT2D eigenvalue weighted by molar-refractivity contribution is -0.119. The first-order valence-corrected chi connectivity index (χ1v) is 40.2. The van der Waals surface area contributed by atoms with Crippen LogP contribution in [-0.4, -0.2) is 95.6 Å². The number of methoxy groups -OCH3 is 1. The van der Waals surface area contributed by atoms with Crippen LogP contribution in [0.2, 0.25) is 0 Å². The van der Waals surface area contributed by atoms with Gasteiger partial charge in [0.15, 0.2) is 0 Å². The Bertz CT molecular complexity index is 4360. The molecule has 0 radical (unpaired) electrons. The van der Waals surface area contributed by atoms with Crippen molar-refractivity contribution >= 4 is 95.0 Å². The fraction of sp³-hybridized carbons (Fsp3) is 0.393. The Hall–Kier alpha value is -9.46. The highest BCUT2D eigenvalue weighted by atomic mass is 79.9. The van der Waals surface area contributed by atoms with Crippen molar-refractivity contribution in [2.24, 2.45) is 17.2 Å². The maximum Gasteiger partial charge on any atom is 0.337 e. The number of carbonyl (C=O) groups is 8. The van der Waals surface area contributed by atoms with E-state index in [4.69, 9.17) is 22.3 Å². The molecule has 13 N–H and O–H groups in total. The number of aromatic amines is 2. The Morgan fingerprint density at radius 3 is 1.07 bits per heavy atom. The van der Waals surface area contributed by atoms with Crippen LogP contribution in [-0.2, 0) is 41.8 Å². The number of pyridine rings is 2. The number of nitrogens with two attached hydrogens (primary N) is 3. The van der Waals surface area contributed by atoms with Crippen LogP contribution in [0.5, 0.6) is 0 Å². The summed E-state index contributed by atoms with van der Waals surface area (Å²) in [5, 5.41) is 19.9. The van der Waals surface area contributed by atoms with Crippen molar-refractivity contribution in [1.82, 2.24) is 31.2 Å². The van der Waals surface area contributed by atoms with E-state index >= 15 is 0 Å². The summed E-state index contributed by atoms with van der Waals surface area (Å²) in [6.07, 6.45) is 6.58. The first-order valence-electron chi connectivity index (χ1n) is 37.9. The number of aromatic nitrogens is 2. The van der Waals surface area contributed by atoms with Gasteiger partial charge in [-0.25, -0.2) is 9.59 Å². The van der Waals surface area contributed by atoms with Crippen molar-refractivity contribution in [2.75, 3.05) is 33.3 Å². The van der Waals surface area contributed by atoms with Gasteiger partial charge in [-0.15, -0.1) is 0 Å². The monoisotopic (exact) mass is 1740 g/mol. The third-order valence-corrected chi connectivity index (χ3v) is 20.0. The number of carboxylic acids is 1. The molecule has 0 saturated carbocycles. The van der Waals surface area contributed by atoms with Gasteiger partial charge in [-0.05, 0) is 245 Å². The number of aromatic carboxylic acids is 1. The second kappa shape index (κ2) is 54.3. The molecule has 8 rings (SSSR count). The lowest BCUT2D eigenvalue weighted by atomic mass is 9.94. The van der Waals surface area contributed by atoms with Crippen molar-refractivity contribution in [3.05, 3.63) is 276 Å². The number of Topliss-reactive ketones (excluding diaryl/α,β-unsaturated/α-hetero) is 1. The van der Waals surface area contributed by atoms with Gasteiger partial charge in [-0.2, -0.15) is 0 Å². The van der Waals surface area contributed by atoms with Crippen LogP contribution in [0, 0.1) is 27.7 Å². The first-order chi connectivity index (χ1) is 53.4. The molecule has 0 aliphatic heterocycles. The van der Waals surface area contributed by atoms with E-state index in [1.807, 2.05) is 120 Å². The fourth-order valence-corrected chi connectivity index (χ4v) is 12.2. The number of amides is 5. The smallest absolute Gasteiger partial charge is 0.337 e. The van der Waals surface area contributed by atoms with E-state index in [0.717, 1.165) is 110 Å². The molecular weight excluding hydrogens is 1630 g/mol. The first kappa shape index (κ1) is 99.6. The molecule has 0 fully saturated rings. The molecule has 2 heterocycles. The van der Waals surface area contributed by atoms with E-state index < -0.39 is 5.97 Å². The summed E-state index contributed by atoms with van der Waals surface area (Å²) < 4.78 is 7.91. The number of halogens is 3. The molecule has 6 aromatic carbocycles. The molecule has 0 aliphatic rings. The Kier molecular flexibility index (Phi) is 47.9. The van der Waals surface area contributed by atoms with Crippen molar-refractivity contribution in [1.29, 1.82) is 0 Å². The van der Waals surface area contributed by atoms with Crippen LogP contribution in [0.4, 0.5) is 0 Å². The second-order valence-corrected chi connectivity index (χ2v) is 30.9. The predicted molar refractivity (Wildman–Crippen MR) is 465 cm³/mol. The number of esters is 1. The minimum atomic E-state index is -0.914. The summed E-state index contributed by atoms with van der Waals surface area (Å²) in [5.74, 6) is 0.745. The quantitative estimate of drug-likeness (QED) is 0.0195. The molecular formula is C89H118Br3N9O12. The zero-order chi connectivity index (χ0) is 84.9. The highest BCUT2D eigenvalue weighted by molar-refractivity contribution is 9.11. The zero-order valence-electron chi connectivity index (χ0n) is 68.2. The maximum absolute atomic E-state index is 12.4. The maximum atomic E-state index is 12.4. The number of aryl methyl sites for hydroxylation is 4. The largest absolute Gasteiger partial charge is 0.478 e. The summed E-state index contributed by atoms with van der Waals surface area (Å²) in [6.45, 7) is 29.6. The number of nitrogens with one attached hydrogen (secondary N) is 6. The topological polar surface area (TPSA) is 358 Å². The molecule has 0 aliphatic carbocycles. The molecule has 24 heteroatoms. The van der Waals surface area contributed by atoms with Crippen LogP contribution >= 0.6 is 47.8 Å². The number of carbonyl (C=O) groups excluding carboxylic acids is 7. The number of H-pyrrole nitrogens is 2. The molecule has 6 unspecified atom stereocenters. The number of hydrogen-bond acceptors (Lipinski definition) is 13. The van der Waals surface area contributed by atoms with Crippen LogP contribution in [0.3, 0.4) is 0 Å². The summed E-state index contributed by atoms with van der Waals surface area (Å²) in [6, 6.07) is 50.2. The molecule has 8 aromatic rings. The van der Waals surface area contributed by atoms with Gasteiger partial charge >= 0.3 is 11.9 Å². The molecule has 0 spiro atoms. The van der Waals surface area contributed by atoms with Crippen molar-refractivity contribution < 1.29 is 48.2 Å². The summed E-state index contributed by atoms with van der Waals surface area (Å²) in [7, 11) is 1.37. The van der Waals surface area contributed by atoms with Gasteiger partial charge in [-0.1, -0.05) is 162 Å². The average molecular weight is 1750 g/mol. The fourth-order valence-electron chi connectivity index (χ4n) is 11.4. The van der Waals surface area contributed by atoms with E-state index in [-0.39, 0.29) is 64.9 Å². The highest BCUT2D eigenvalue weighted by Crippen LogP contribution is 2.26. The molecule has 113 heavy (non-hydrogen) atoms. The van der Waals surface area contributed by atoms with Crippen LogP contribution in [0.25, 0.3) is 0 Å². The van der Waals surface area contributed by atoms with E-state index in [9.17, 15) is 47.9 Å². The number of rotatable bonds is 29. The Labute approximate surface area is 692 Å². The molecule has 2 aromatic heterocycles. The van der Waals surface area contributed by atoms with E-state index in [1.165, 1.54) is 32.1 Å². The third kappa shape index (κ3) is 41.2. The highest BCUT2D eigenvalue weighted by Gasteiger charge is 2.15. The zero-order valence-corrected chi connectivity index (χ0v) is 72.9. The van der Waals surface area contributed by atoms with Gasteiger partial charge in [0.2, 0.25) is 23.6 Å². The van der Waals surface area contributed by atoms with Gasteiger partial charge in [0.1, 0.15) is 5.78 Å². The molecule has 5 amide bonds. The Balaban J connectivity index is 0.000000457. The van der Waals surface area contributed by atoms with E-state index in [0.29, 0.717) is 89.9 Å². The Morgan fingerprint density at radius 1 is 0.442 bits per heavy atom. The number of ketones is 1. The number of primary amides is 1. The lowest BCUT2D eigenvalue weighted by Crippen LogP contribution is -2.27. The van der Waals surface area contributed by atoms with Crippen LogP contribution in [0.15, 0.2) is 181 Å². The normalized spacial score (nSPS) is 11.9. The van der Waals surface area contributed by atoms with Crippen molar-refractivity contribution in [3.8, 4) is 0 Å². The summed E-state index contributed by atoms with van der Waals surface area (Å²) >= 11 is 10.2. The van der Waals surface area contributed by atoms with Crippen molar-refractivity contribution in [2.45, 2.75) is 197 Å². The van der Waals surface area contributed by atoms with Gasteiger partial charge in [0.25, 0.3) is 17.0 Å². The van der Waals surface area contributed by atoms with E-state index in [1.54, 1.807) is 50.2 Å². The van der Waals surface area contributed by atoms with Gasteiger partial charge < -0.3 is 63.1 Å². The number of ether oxygens (including phenoxy) is 1. The number of carboxylic acid groups (broad SMARTS) is 1. The van der Waals surface area contributed by atoms with Crippen molar-refractivity contribution in [3.63, 3.8) is 0 Å². The molecule has 0 bridgehead atoms. The second-order valence-electron chi connectivity index (χ2n) is 28.2.